The zero-order valence-corrected chi connectivity index (χ0v) is 16.7. The van der Waals surface area contributed by atoms with Gasteiger partial charge in [-0.25, -0.2) is 19.3 Å². The maximum Gasteiger partial charge on any atom is 0.327 e. The number of methoxy groups -OCH3 is 1. The second kappa shape index (κ2) is 7.34. The van der Waals surface area contributed by atoms with Crippen molar-refractivity contribution in [3.05, 3.63) is 53.7 Å². The zero-order valence-electron chi connectivity index (χ0n) is 16.7. The van der Waals surface area contributed by atoms with Crippen LogP contribution in [-0.4, -0.2) is 42.6 Å². The van der Waals surface area contributed by atoms with E-state index in [-0.39, 0.29) is 6.54 Å². The predicted octanol–water partition coefficient (Wildman–Crippen LogP) is 2.85. The molecule has 0 atom stereocenters. The SMILES string of the molecule is COC(=O)Cn1ncc2c(Nc3cnn(-c4cc(C)ccc4C)c3C)ncnc21. The van der Waals surface area contributed by atoms with Crippen LogP contribution >= 0.6 is 0 Å². The van der Waals surface area contributed by atoms with Gasteiger partial charge in [0.05, 0.1) is 42.0 Å². The summed E-state index contributed by atoms with van der Waals surface area (Å²) in [5, 5.41) is 12.8. The third-order valence-electron chi connectivity index (χ3n) is 4.80. The van der Waals surface area contributed by atoms with Gasteiger partial charge in [0, 0.05) is 0 Å². The Bertz CT molecular complexity index is 1210. The van der Waals surface area contributed by atoms with Crippen molar-refractivity contribution in [1.29, 1.82) is 0 Å². The Morgan fingerprint density at radius 3 is 2.76 bits per heavy atom. The summed E-state index contributed by atoms with van der Waals surface area (Å²) in [4.78, 5) is 20.2. The first kappa shape index (κ1) is 18.6. The highest BCUT2D eigenvalue weighted by Crippen LogP contribution is 2.27. The number of carbonyl (C=O) groups is 1. The first-order chi connectivity index (χ1) is 14.0. The molecule has 148 valence electrons. The number of aryl methyl sites for hydroxylation is 2. The molecular weight excluding hydrogens is 370 g/mol. The van der Waals surface area contributed by atoms with E-state index in [4.69, 9.17) is 4.74 Å². The number of nitrogens with zero attached hydrogens (tertiary/aromatic N) is 6. The fourth-order valence-electron chi connectivity index (χ4n) is 3.15. The first-order valence-corrected chi connectivity index (χ1v) is 9.10. The molecule has 4 aromatic rings. The van der Waals surface area contributed by atoms with E-state index in [1.165, 1.54) is 23.7 Å². The fraction of sp³-hybridized carbons (Fsp3) is 0.250. The number of ether oxygens (including phenoxy) is 1. The normalized spacial score (nSPS) is 11.0. The van der Waals surface area contributed by atoms with E-state index in [1.54, 1.807) is 12.4 Å². The molecule has 0 unspecified atom stereocenters. The maximum absolute atomic E-state index is 11.6. The summed E-state index contributed by atoms with van der Waals surface area (Å²) in [7, 11) is 1.34. The van der Waals surface area contributed by atoms with Gasteiger partial charge in [-0.2, -0.15) is 10.2 Å². The summed E-state index contributed by atoms with van der Waals surface area (Å²) in [6.07, 6.45) is 4.83. The molecule has 0 aliphatic carbocycles. The Balaban J connectivity index is 1.69. The van der Waals surface area contributed by atoms with Gasteiger partial charge in [-0.3, -0.25) is 4.79 Å². The minimum Gasteiger partial charge on any atom is -0.468 e. The lowest BCUT2D eigenvalue weighted by molar-refractivity contribution is -0.141. The molecule has 0 saturated heterocycles. The second-order valence-electron chi connectivity index (χ2n) is 6.81. The quantitative estimate of drug-likeness (QED) is 0.522. The van der Waals surface area contributed by atoms with E-state index in [1.807, 2.05) is 11.6 Å². The van der Waals surface area contributed by atoms with Crippen molar-refractivity contribution in [2.45, 2.75) is 27.3 Å². The molecule has 1 N–H and O–H groups in total. The lowest BCUT2D eigenvalue weighted by atomic mass is 10.1. The van der Waals surface area contributed by atoms with Crippen molar-refractivity contribution >= 4 is 28.5 Å². The highest BCUT2D eigenvalue weighted by molar-refractivity contribution is 5.89. The lowest BCUT2D eigenvalue weighted by Gasteiger charge is -2.10. The maximum atomic E-state index is 11.6. The Labute approximate surface area is 167 Å². The van der Waals surface area contributed by atoms with Crippen molar-refractivity contribution in [2.75, 3.05) is 12.4 Å². The van der Waals surface area contributed by atoms with Crippen LogP contribution in [0, 0.1) is 20.8 Å². The monoisotopic (exact) mass is 391 g/mol. The minimum atomic E-state index is -0.395. The van der Waals surface area contributed by atoms with Crippen molar-refractivity contribution < 1.29 is 9.53 Å². The van der Waals surface area contributed by atoms with Gasteiger partial charge in [0.1, 0.15) is 18.7 Å². The standard InChI is InChI=1S/C20H21N7O2/c1-12-5-6-13(2)17(7-12)27-14(3)16(9-24-27)25-19-15-8-23-26(10-18(28)29-4)20(15)22-11-21-19/h5-9,11H,10H2,1-4H3,(H,21,22,25). The number of esters is 1. The summed E-state index contributed by atoms with van der Waals surface area (Å²) in [6.45, 7) is 6.10. The largest absolute Gasteiger partial charge is 0.468 e. The molecule has 0 bridgehead atoms. The highest BCUT2D eigenvalue weighted by Gasteiger charge is 2.15. The smallest absolute Gasteiger partial charge is 0.327 e. The second-order valence-corrected chi connectivity index (χ2v) is 6.81. The van der Waals surface area contributed by atoms with Crippen LogP contribution in [0.3, 0.4) is 0 Å². The minimum absolute atomic E-state index is 0.0138. The summed E-state index contributed by atoms with van der Waals surface area (Å²) in [5.41, 5.74) is 5.67. The molecule has 29 heavy (non-hydrogen) atoms. The summed E-state index contributed by atoms with van der Waals surface area (Å²) < 4.78 is 8.10. The van der Waals surface area contributed by atoms with Crippen molar-refractivity contribution in [3.8, 4) is 5.69 Å². The molecule has 0 radical (unpaired) electrons. The van der Waals surface area contributed by atoms with E-state index < -0.39 is 5.97 Å². The Morgan fingerprint density at radius 1 is 1.14 bits per heavy atom. The molecule has 0 amide bonds. The molecule has 9 heteroatoms. The number of anilines is 2. The number of benzene rings is 1. The van der Waals surface area contributed by atoms with Crippen LogP contribution in [0.5, 0.6) is 0 Å². The lowest BCUT2D eigenvalue weighted by Crippen LogP contribution is -2.13. The van der Waals surface area contributed by atoms with Gasteiger partial charge in [0.25, 0.3) is 0 Å². The van der Waals surface area contributed by atoms with E-state index in [0.717, 1.165) is 22.6 Å². The van der Waals surface area contributed by atoms with Gasteiger partial charge in [-0.1, -0.05) is 12.1 Å². The fourth-order valence-corrected chi connectivity index (χ4v) is 3.15. The first-order valence-electron chi connectivity index (χ1n) is 9.10. The number of rotatable bonds is 5. The molecule has 0 spiro atoms. The molecule has 9 nitrogen and oxygen atoms in total. The van der Waals surface area contributed by atoms with Gasteiger partial charge in [-0.15, -0.1) is 0 Å². The van der Waals surface area contributed by atoms with Crippen LogP contribution < -0.4 is 5.32 Å². The van der Waals surface area contributed by atoms with Crippen molar-refractivity contribution in [3.63, 3.8) is 0 Å². The molecule has 0 aliphatic rings. The number of hydrogen-bond acceptors (Lipinski definition) is 7. The molecule has 3 aromatic heterocycles. The summed E-state index contributed by atoms with van der Waals surface area (Å²) >= 11 is 0. The summed E-state index contributed by atoms with van der Waals surface area (Å²) in [5.74, 6) is 0.198. The van der Waals surface area contributed by atoms with Gasteiger partial charge in [0.15, 0.2) is 5.65 Å². The number of fused-ring (bicyclic) bond motifs is 1. The Kier molecular flexibility index (Phi) is 4.71. The molecule has 1 aromatic carbocycles. The number of hydrogen-bond donors (Lipinski definition) is 1. The number of nitrogens with one attached hydrogen (secondary N) is 1. The van der Waals surface area contributed by atoms with Crippen LogP contribution in [0.15, 0.2) is 36.9 Å². The predicted molar refractivity (Wildman–Crippen MR) is 108 cm³/mol. The highest BCUT2D eigenvalue weighted by atomic mass is 16.5. The third kappa shape index (κ3) is 3.42. The molecule has 0 fully saturated rings. The van der Waals surface area contributed by atoms with Crippen molar-refractivity contribution in [2.24, 2.45) is 0 Å². The Morgan fingerprint density at radius 2 is 1.97 bits per heavy atom. The van der Waals surface area contributed by atoms with Crippen LogP contribution in [0.25, 0.3) is 16.7 Å². The molecule has 0 saturated carbocycles. The van der Waals surface area contributed by atoms with Crippen LogP contribution in [0.1, 0.15) is 16.8 Å². The van der Waals surface area contributed by atoms with Crippen LogP contribution in [0.2, 0.25) is 0 Å². The number of aromatic nitrogens is 6. The summed E-state index contributed by atoms with van der Waals surface area (Å²) in [6, 6.07) is 6.28. The average molecular weight is 391 g/mol. The van der Waals surface area contributed by atoms with Crippen molar-refractivity contribution in [1.82, 2.24) is 29.5 Å². The Hall–Kier alpha value is -3.75. The molecule has 4 rings (SSSR count). The van der Waals surface area contributed by atoms with Gasteiger partial charge < -0.3 is 10.1 Å². The number of carbonyl (C=O) groups excluding carboxylic acids is 1. The van der Waals surface area contributed by atoms with E-state index >= 15 is 0 Å². The third-order valence-corrected chi connectivity index (χ3v) is 4.80. The topological polar surface area (TPSA) is 99.8 Å². The molecule has 3 heterocycles. The molecule has 0 aliphatic heterocycles. The zero-order chi connectivity index (χ0) is 20.5. The van der Waals surface area contributed by atoms with E-state index in [2.05, 4.69) is 57.5 Å². The van der Waals surface area contributed by atoms with Gasteiger partial charge in [-0.05, 0) is 38.0 Å². The van der Waals surface area contributed by atoms with Gasteiger partial charge in [0.2, 0.25) is 0 Å². The van der Waals surface area contributed by atoms with Crippen LogP contribution in [0.4, 0.5) is 11.5 Å². The molecular formula is C20H21N7O2. The average Bonchev–Trinajstić information content (AvgIpc) is 3.28. The van der Waals surface area contributed by atoms with Gasteiger partial charge >= 0.3 is 5.97 Å². The van der Waals surface area contributed by atoms with Crippen LogP contribution in [-0.2, 0) is 16.1 Å². The van der Waals surface area contributed by atoms with E-state index in [0.29, 0.717) is 16.9 Å². The van der Waals surface area contributed by atoms with E-state index in [9.17, 15) is 4.79 Å².